The van der Waals surface area contributed by atoms with Crippen molar-refractivity contribution in [1.29, 1.82) is 0 Å². The van der Waals surface area contributed by atoms with Crippen LogP contribution in [0.5, 0.6) is 0 Å². The SMILES string of the molecule is CCCCCCCCCCC[C@@H](O)[C@H](F)C(=O)C(C)(C)C. The van der Waals surface area contributed by atoms with E-state index in [2.05, 4.69) is 6.92 Å². The van der Waals surface area contributed by atoms with Gasteiger partial charge >= 0.3 is 0 Å². The van der Waals surface area contributed by atoms with Crippen LogP contribution < -0.4 is 0 Å². The number of hydrogen-bond donors (Lipinski definition) is 1. The number of alkyl halides is 1. The van der Waals surface area contributed by atoms with Crippen LogP contribution in [0, 0.1) is 5.41 Å². The molecule has 2 atom stereocenters. The quantitative estimate of drug-likeness (QED) is 0.502. The largest absolute Gasteiger partial charge is 0.390 e. The van der Waals surface area contributed by atoms with Crippen molar-refractivity contribution in [3.8, 4) is 0 Å². The lowest BCUT2D eigenvalue weighted by Gasteiger charge is -2.22. The third-order valence-corrected chi connectivity index (χ3v) is 3.93. The van der Waals surface area contributed by atoms with E-state index in [1.54, 1.807) is 20.8 Å². The third kappa shape index (κ3) is 10.00. The Labute approximate surface area is 130 Å². The molecule has 0 spiro atoms. The van der Waals surface area contributed by atoms with Crippen molar-refractivity contribution < 1.29 is 14.3 Å². The van der Waals surface area contributed by atoms with Crippen LogP contribution in [-0.2, 0) is 4.79 Å². The highest BCUT2D eigenvalue weighted by Gasteiger charge is 2.34. The summed E-state index contributed by atoms with van der Waals surface area (Å²) in [6, 6.07) is 0. The maximum atomic E-state index is 13.8. The van der Waals surface area contributed by atoms with Gasteiger partial charge in [0.05, 0.1) is 6.10 Å². The molecule has 3 heteroatoms. The second-order valence-electron chi connectivity index (χ2n) is 7.20. The molecule has 0 aromatic heterocycles. The van der Waals surface area contributed by atoms with Gasteiger partial charge in [-0.05, 0) is 6.42 Å². The summed E-state index contributed by atoms with van der Waals surface area (Å²) < 4.78 is 13.8. The normalized spacial score (nSPS) is 15.0. The molecule has 0 aliphatic heterocycles. The Morgan fingerprint density at radius 1 is 0.952 bits per heavy atom. The van der Waals surface area contributed by atoms with Gasteiger partial charge in [0.1, 0.15) is 0 Å². The third-order valence-electron chi connectivity index (χ3n) is 3.93. The predicted octanol–water partition coefficient (Wildman–Crippen LogP) is 5.22. The molecule has 0 aliphatic rings. The number of unbranched alkanes of at least 4 members (excludes halogenated alkanes) is 8. The molecule has 1 N–H and O–H groups in total. The monoisotopic (exact) mass is 302 g/mol. The Bertz CT molecular complexity index is 271. The van der Waals surface area contributed by atoms with Gasteiger partial charge in [0.15, 0.2) is 12.0 Å². The van der Waals surface area contributed by atoms with E-state index in [0.29, 0.717) is 6.42 Å². The van der Waals surface area contributed by atoms with Gasteiger partial charge < -0.3 is 5.11 Å². The summed E-state index contributed by atoms with van der Waals surface area (Å²) in [6.45, 7) is 7.28. The van der Waals surface area contributed by atoms with E-state index < -0.39 is 23.5 Å². The molecule has 2 nitrogen and oxygen atoms in total. The fourth-order valence-electron chi connectivity index (χ4n) is 2.40. The zero-order valence-electron chi connectivity index (χ0n) is 14.5. The standard InChI is InChI=1S/C18H35FO2/c1-5-6-7-8-9-10-11-12-13-14-15(20)16(19)17(21)18(2,3)4/h15-16,20H,5-14H2,1-4H3/t15-,16+/m1/s1. The van der Waals surface area contributed by atoms with Crippen LogP contribution in [0.15, 0.2) is 0 Å². The lowest BCUT2D eigenvalue weighted by Crippen LogP contribution is -2.37. The highest BCUT2D eigenvalue weighted by atomic mass is 19.1. The minimum absolute atomic E-state index is 0.388. The smallest absolute Gasteiger partial charge is 0.184 e. The molecular formula is C18H35FO2. The maximum Gasteiger partial charge on any atom is 0.184 e. The average Bonchev–Trinajstić information content (AvgIpc) is 2.42. The van der Waals surface area contributed by atoms with E-state index in [0.717, 1.165) is 19.3 Å². The average molecular weight is 302 g/mol. The van der Waals surface area contributed by atoms with Crippen LogP contribution in [0.1, 0.15) is 91.9 Å². The summed E-state index contributed by atoms with van der Waals surface area (Å²) in [5.74, 6) is -0.495. The van der Waals surface area contributed by atoms with Gasteiger partial charge in [0, 0.05) is 5.41 Å². The highest BCUT2D eigenvalue weighted by Crippen LogP contribution is 2.22. The fraction of sp³-hybridized carbons (Fsp3) is 0.944. The number of carbonyl (C=O) groups is 1. The number of ketones is 1. The van der Waals surface area contributed by atoms with Gasteiger partial charge in [0.25, 0.3) is 0 Å². The Kier molecular flexibility index (Phi) is 10.9. The Morgan fingerprint density at radius 3 is 1.81 bits per heavy atom. The summed E-state index contributed by atoms with van der Waals surface area (Å²) in [4.78, 5) is 11.7. The van der Waals surface area contributed by atoms with E-state index in [1.165, 1.54) is 38.5 Å². The zero-order valence-corrected chi connectivity index (χ0v) is 14.5. The van der Waals surface area contributed by atoms with E-state index in [4.69, 9.17) is 0 Å². The first-order valence-electron chi connectivity index (χ1n) is 8.67. The van der Waals surface area contributed by atoms with Crippen molar-refractivity contribution in [2.45, 2.75) is 104 Å². The minimum Gasteiger partial charge on any atom is -0.390 e. The van der Waals surface area contributed by atoms with Crippen LogP contribution in [0.4, 0.5) is 4.39 Å². The molecule has 0 rings (SSSR count). The van der Waals surface area contributed by atoms with Crippen LogP contribution in [0.25, 0.3) is 0 Å². The number of rotatable bonds is 12. The molecule has 0 aromatic rings. The molecule has 0 radical (unpaired) electrons. The molecule has 0 saturated heterocycles. The highest BCUT2D eigenvalue weighted by molar-refractivity contribution is 5.88. The van der Waals surface area contributed by atoms with Gasteiger partial charge in [-0.1, -0.05) is 85.5 Å². The summed E-state index contributed by atoms with van der Waals surface area (Å²) >= 11 is 0. The van der Waals surface area contributed by atoms with E-state index in [9.17, 15) is 14.3 Å². The number of carbonyl (C=O) groups excluding carboxylic acids is 1. The van der Waals surface area contributed by atoms with Crippen molar-refractivity contribution in [2.24, 2.45) is 5.41 Å². The second kappa shape index (κ2) is 11.2. The molecule has 126 valence electrons. The molecule has 0 saturated carbocycles. The fourth-order valence-corrected chi connectivity index (χ4v) is 2.40. The summed E-state index contributed by atoms with van der Waals surface area (Å²) in [6.07, 6.45) is 8.20. The van der Waals surface area contributed by atoms with Gasteiger partial charge in [-0.25, -0.2) is 4.39 Å². The number of aliphatic hydroxyl groups is 1. The molecule has 0 heterocycles. The zero-order chi connectivity index (χ0) is 16.3. The van der Waals surface area contributed by atoms with Crippen LogP contribution in [-0.4, -0.2) is 23.2 Å². The Balaban J connectivity index is 3.62. The first-order chi connectivity index (χ1) is 9.80. The van der Waals surface area contributed by atoms with E-state index in [1.807, 2.05) is 0 Å². The molecular weight excluding hydrogens is 267 g/mol. The lowest BCUT2D eigenvalue weighted by atomic mass is 9.85. The van der Waals surface area contributed by atoms with Gasteiger partial charge in [-0.2, -0.15) is 0 Å². The molecule has 0 aromatic carbocycles. The number of Topliss-reactive ketones (excluding diaryl/α,β-unsaturated/α-hetero) is 1. The summed E-state index contributed by atoms with van der Waals surface area (Å²) in [5.41, 5.74) is -0.723. The number of halogens is 1. The van der Waals surface area contributed by atoms with Crippen molar-refractivity contribution in [3.05, 3.63) is 0 Å². The van der Waals surface area contributed by atoms with Crippen LogP contribution >= 0.6 is 0 Å². The molecule has 0 aliphatic carbocycles. The van der Waals surface area contributed by atoms with Crippen molar-refractivity contribution >= 4 is 5.78 Å². The minimum atomic E-state index is -1.74. The Morgan fingerprint density at radius 2 is 1.38 bits per heavy atom. The van der Waals surface area contributed by atoms with Crippen molar-refractivity contribution in [3.63, 3.8) is 0 Å². The molecule has 0 unspecified atom stereocenters. The van der Waals surface area contributed by atoms with Gasteiger partial charge in [-0.3, -0.25) is 4.79 Å². The lowest BCUT2D eigenvalue weighted by molar-refractivity contribution is -0.135. The molecule has 0 amide bonds. The maximum absolute atomic E-state index is 13.8. The first-order valence-corrected chi connectivity index (χ1v) is 8.67. The van der Waals surface area contributed by atoms with Crippen LogP contribution in [0.2, 0.25) is 0 Å². The van der Waals surface area contributed by atoms with Gasteiger partial charge in [0.2, 0.25) is 0 Å². The molecule has 0 bridgehead atoms. The van der Waals surface area contributed by atoms with Crippen molar-refractivity contribution in [2.75, 3.05) is 0 Å². The topological polar surface area (TPSA) is 37.3 Å². The number of aliphatic hydroxyl groups excluding tert-OH is 1. The van der Waals surface area contributed by atoms with Crippen LogP contribution in [0.3, 0.4) is 0 Å². The molecule has 21 heavy (non-hydrogen) atoms. The number of hydrogen-bond acceptors (Lipinski definition) is 2. The van der Waals surface area contributed by atoms with Gasteiger partial charge in [-0.15, -0.1) is 0 Å². The van der Waals surface area contributed by atoms with Crippen molar-refractivity contribution in [1.82, 2.24) is 0 Å². The molecule has 0 fully saturated rings. The summed E-state index contributed by atoms with van der Waals surface area (Å²) in [5, 5.41) is 9.76. The van der Waals surface area contributed by atoms with E-state index >= 15 is 0 Å². The first kappa shape index (κ1) is 20.6. The van der Waals surface area contributed by atoms with E-state index in [-0.39, 0.29) is 0 Å². The second-order valence-corrected chi connectivity index (χ2v) is 7.20. The summed E-state index contributed by atoms with van der Waals surface area (Å²) in [7, 11) is 0. The Hall–Kier alpha value is -0.440. The predicted molar refractivity (Wildman–Crippen MR) is 87.2 cm³/mol.